The first-order valence-corrected chi connectivity index (χ1v) is 11.9. The second kappa shape index (κ2) is 8.64. The number of nitrogens with zero attached hydrogens (tertiary/aromatic N) is 1. The molecule has 3 aliphatic carbocycles. The molecule has 3 unspecified atom stereocenters. The predicted molar refractivity (Wildman–Crippen MR) is 133 cm³/mol. The van der Waals surface area contributed by atoms with Crippen LogP contribution in [0.25, 0.3) is 16.9 Å². The van der Waals surface area contributed by atoms with Crippen LogP contribution in [-0.4, -0.2) is 51.8 Å². The van der Waals surface area contributed by atoms with E-state index in [2.05, 4.69) is 4.90 Å². The van der Waals surface area contributed by atoms with Gasteiger partial charge >= 0.3 is 0 Å². The average molecular weight is 489 g/mol. The number of phenols is 1. The number of carbonyl (C=O) groups is 3. The fourth-order valence-corrected chi connectivity index (χ4v) is 6.07. The zero-order valence-corrected chi connectivity index (χ0v) is 20.1. The van der Waals surface area contributed by atoms with E-state index in [0.717, 1.165) is 28.8 Å². The van der Waals surface area contributed by atoms with E-state index in [1.807, 2.05) is 38.4 Å². The van der Waals surface area contributed by atoms with E-state index in [0.29, 0.717) is 12.8 Å². The van der Waals surface area contributed by atoms with Gasteiger partial charge in [0.2, 0.25) is 0 Å². The molecule has 3 atom stereocenters. The van der Waals surface area contributed by atoms with Gasteiger partial charge in [-0.1, -0.05) is 30.3 Å². The normalized spacial score (nSPS) is 23.5. The Balaban J connectivity index is 1.60. The number of aliphatic hydroxyl groups excluding tert-OH is 2. The molecule has 1 fully saturated rings. The molecule has 5 N–H and O–H groups in total. The monoisotopic (exact) mass is 488 g/mol. The number of rotatable bonds is 4. The third-order valence-corrected chi connectivity index (χ3v) is 7.54. The van der Waals surface area contributed by atoms with Crippen LogP contribution >= 0.6 is 0 Å². The van der Waals surface area contributed by atoms with Gasteiger partial charge in [-0.2, -0.15) is 0 Å². The molecule has 1 amide bonds. The molecule has 8 nitrogen and oxygen atoms in total. The summed E-state index contributed by atoms with van der Waals surface area (Å²) >= 11 is 0. The topological polar surface area (TPSA) is 141 Å². The number of Topliss-reactive ketones (excluding diaryl/α,β-unsaturated/α-hetero) is 2. The van der Waals surface area contributed by atoms with Crippen molar-refractivity contribution in [3.63, 3.8) is 0 Å². The molecular weight excluding hydrogens is 460 g/mol. The van der Waals surface area contributed by atoms with Crippen LogP contribution in [0.4, 0.5) is 0 Å². The van der Waals surface area contributed by atoms with E-state index in [4.69, 9.17) is 5.73 Å². The van der Waals surface area contributed by atoms with Crippen LogP contribution in [0.2, 0.25) is 0 Å². The number of carbonyl (C=O) groups excluding carboxylic acids is 3. The van der Waals surface area contributed by atoms with Gasteiger partial charge in [0.05, 0.1) is 11.5 Å². The number of benzene rings is 2. The van der Waals surface area contributed by atoms with Gasteiger partial charge < -0.3 is 26.0 Å². The second-order valence-corrected chi connectivity index (χ2v) is 10.2. The quantitative estimate of drug-likeness (QED) is 0.485. The summed E-state index contributed by atoms with van der Waals surface area (Å²) in [6.07, 6.45) is 0.679. The maximum Gasteiger partial charge on any atom is 0.255 e. The smallest absolute Gasteiger partial charge is 0.255 e. The van der Waals surface area contributed by atoms with Crippen LogP contribution < -0.4 is 5.73 Å². The van der Waals surface area contributed by atoms with Crippen molar-refractivity contribution in [2.24, 2.45) is 23.5 Å². The molecule has 3 aliphatic rings. The van der Waals surface area contributed by atoms with Gasteiger partial charge in [0.25, 0.3) is 5.91 Å². The predicted octanol–water partition coefficient (Wildman–Crippen LogP) is 3.04. The first-order chi connectivity index (χ1) is 17.1. The number of nitrogens with two attached hydrogens (primary N) is 1. The van der Waals surface area contributed by atoms with E-state index in [-0.39, 0.29) is 29.1 Å². The molecule has 2 aromatic carbocycles. The zero-order valence-electron chi connectivity index (χ0n) is 20.1. The molecule has 0 heterocycles. The van der Waals surface area contributed by atoms with Crippen LogP contribution in [0.5, 0.6) is 5.75 Å². The Morgan fingerprint density at radius 2 is 1.72 bits per heavy atom. The zero-order chi connectivity index (χ0) is 25.9. The molecule has 0 aliphatic heterocycles. The molecule has 2 aromatic rings. The first-order valence-electron chi connectivity index (χ1n) is 11.9. The van der Waals surface area contributed by atoms with E-state index >= 15 is 0 Å². The number of primary amides is 1. The van der Waals surface area contributed by atoms with Crippen molar-refractivity contribution in [2.45, 2.75) is 25.8 Å². The highest BCUT2D eigenvalue weighted by atomic mass is 16.3. The van der Waals surface area contributed by atoms with Crippen LogP contribution in [0.1, 0.15) is 29.5 Å². The number of aliphatic hydroxyl groups is 2. The third kappa shape index (κ3) is 3.69. The molecule has 0 aromatic heterocycles. The summed E-state index contributed by atoms with van der Waals surface area (Å²) in [4.78, 5) is 39.8. The van der Waals surface area contributed by atoms with Crippen molar-refractivity contribution < 1.29 is 29.7 Å². The summed E-state index contributed by atoms with van der Waals surface area (Å²) in [7, 11) is 3.99. The Morgan fingerprint density at radius 1 is 1.03 bits per heavy atom. The lowest BCUT2D eigenvalue weighted by atomic mass is 9.61. The van der Waals surface area contributed by atoms with Crippen molar-refractivity contribution >= 4 is 23.2 Å². The number of aromatic hydroxyl groups is 1. The number of hydrogen-bond acceptors (Lipinski definition) is 7. The summed E-state index contributed by atoms with van der Waals surface area (Å²) in [6, 6.07) is 11.4. The third-order valence-electron chi connectivity index (χ3n) is 7.54. The van der Waals surface area contributed by atoms with Crippen molar-refractivity contribution in [3.8, 4) is 16.9 Å². The number of phenolic OH excluding ortho intramolecular Hbond substituents is 1. The molecular formula is C28H28N2O6. The number of allylic oxidation sites excluding steroid dienone is 2. The Kier molecular flexibility index (Phi) is 5.71. The van der Waals surface area contributed by atoms with Crippen molar-refractivity contribution in [3.05, 3.63) is 70.0 Å². The van der Waals surface area contributed by atoms with E-state index in [1.165, 1.54) is 6.07 Å². The molecule has 5 rings (SSSR count). The maximum atomic E-state index is 13.5. The van der Waals surface area contributed by atoms with Crippen LogP contribution in [0.15, 0.2) is 53.3 Å². The van der Waals surface area contributed by atoms with E-state index in [1.54, 1.807) is 6.07 Å². The minimum atomic E-state index is -1.12. The number of amides is 1. The van der Waals surface area contributed by atoms with Crippen LogP contribution in [0, 0.1) is 17.8 Å². The lowest BCUT2D eigenvalue weighted by molar-refractivity contribution is -0.127. The van der Waals surface area contributed by atoms with Crippen molar-refractivity contribution in [2.75, 3.05) is 14.1 Å². The summed E-state index contributed by atoms with van der Waals surface area (Å²) in [5, 5.41) is 32.6. The standard InChI is InChI=1S/C28H28N2O6/c1-30(2)12-13-3-5-14(6-4-13)17-7-8-19(31)23-18(17)10-15-9-16-11-20(32)24(28(29)36)27(35)22(16)25(33)21(15)26(23)34/h3-8,15-16,22,31,34-35H,9-12H2,1-2H3,(H2,29,36). The molecule has 0 bridgehead atoms. The van der Waals surface area contributed by atoms with Gasteiger partial charge in [-0.15, -0.1) is 0 Å². The van der Waals surface area contributed by atoms with E-state index < -0.39 is 46.6 Å². The maximum absolute atomic E-state index is 13.5. The van der Waals surface area contributed by atoms with Gasteiger partial charge in [0, 0.05) is 18.5 Å². The molecule has 0 radical (unpaired) electrons. The van der Waals surface area contributed by atoms with Gasteiger partial charge in [0.15, 0.2) is 11.6 Å². The minimum Gasteiger partial charge on any atom is -0.511 e. The summed E-state index contributed by atoms with van der Waals surface area (Å²) in [5.41, 5.74) is 8.70. The lowest BCUT2D eigenvalue weighted by Crippen LogP contribution is -2.44. The molecule has 186 valence electrons. The Labute approximate surface area is 208 Å². The summed E-state index contributed by atoms with van der Waals surface area (Å²) in [5.74, 6) is -5.27. The fourth-order valence-electron chi connectivity index (χ4n) is 6.07. The molecule has 1 saturated carbocycles. The number of hydrogen-bond donors (Lipinski definition) is 4. The highest BCUT2D eigenvalue weighted by Gasteiger charge is 2.50. The SMILES string of the molecule is CN(C)Cc1ccc(-c2ccc(O)c3c2CC2CC4CC(=O)C(C(N)=O)=C(O)C4C(=O)C2=C3O)cc1. The van der Waals surface area contributed by atoms with Gasteiger partial charge in [-0.05, 0) is 67.1 Å². The minimum absolute atomic E-state index is 0.0730. The summed E-state index contributed by atoms with van der Waals surface area (Å²) in [6.45, 7) is 0.797. The Bertz CT molecular complexity index is 1370. The number of ketones is 2. The highest BCUT2D eigenvalue weighted by molar-refractivity contribution is 6.21. The fraction of sp³-hybridized carbons (Fsp3) is 0.321. The van der Waals surface area contributed by atoms with Crippen molar-refractivity contribution in [1.29, 1.82) is 0 Å². The number of fused-ring (bicyclic) bond motifs is 3. The first kappa shape index (κ1) is 23.8. The lowest BCUT2D eigenvalue weighted by Gasteiger charge is -2.41. The molecule has 0 spiro atoms. The molecule has 0 saturated heterocycles. The van der Waals surface area contributed by atoms with Gasteiger partial charge in [-0.25, -0.2) is 0 Å². The summed E-state index contributed by atoms with van der Waals surface area (Å²) < 4.78 is 0. The molecule has 8 heteroatoms. The van der Waals surface area contributed by atoms with Crippen LogP contribution in [-0.2, 0) is 27.3 Å². The molecule has 36 heavy (non-hydrogen) atoms. The van der Waals surface area contributed by atoms with E-state index in [9.17, 15) is 29.7 Å². The Morgan fingerprint density at radius 3 is 2.36 bits per heavy atom. The van der Waals surface area contributed by atoms with Gasteiger partial charge in [-0.3, -0.25) is 14.4 Å². The van der Waals surface area contributed by atoms with Gasteiger partial charge in [0.1, 0.15) is 22.8 Å². The average Bonchev–Trinajstić information content (AvgIpc) is 2.78. The highest BCUT2D eigenvalue weighted by Crippen LogP contribution is 2.51. The Hall–Kier alpha value is -3.91. The van der Waals surface area contributed by atoms with Crippen molar-refractivity contribution in [1.82, 2.24) is 4.90 Å². The second-order valence-electron chi connectivity index (χ2n) is 10.2. The van der Waals surface area contributed by atoms with Crippen LogP contribution in [0.3, 0.4) is 0 Å². The largest absolute Gasteiger partial charge is 0.511 e.